The number of amides is 4. The molecule has 8 heteroatoms. The monoisotopic (exact) mass is 452 g/mol. The van der Waals surface area contributed by atoms with E-state index in [-0.39, 0.29) is 59.4 Å². The molecule has 0 bridgehead atoms. The van der Waals surface area contributed by atoms with Crippen LogP contribution in [0.4, 0.5) is 0 Å². The Morgan fingerprint density at radius 2 is 0.906 bits per heavy atom. The van der Waals surface area contributed by atoms with Crippen molar-refractivity contribution in [2.45, 2.75) is 80.3 Å². The van der Waals surface area contributed by atoms with Gasteiger partial charge in [0.2, 0.25) is 23.6 Å². The molecule has 2 aliphatic heterocycles. The molecule has 32 heavy (non-hydrogen) atoms. The number of nitrogens with zero attached hydrogens (tertiary/aromatic N) is 2. The van der Waals surface area contributed by atoms with Crippen LogP contribution in [-0.4, -0.2) is 71.7 Å². The third-order valence-corrected chi connectivity index (χ3v) is 5.73. The van der Waals surface area contributed by atoms with Crippen molar-refractivity contribution in [2.75, 3.05) is 26.2 Å². The Hall–Kier alpha value is -2.12. The second kappa shape index (κ2) is 12.8. The summed E-state index contributed by atoms with van der Waals surface area (Å²) in [5.74, 6) is 0.610. The van der Waals surface area contributed by atoms with Gasteiger partial charge < -0.3 is 20.4 Å². The number of carbonyl (C=O) groups is 4. The minimum Gasteiger partial charge on any atom is -0.351 e. The van der Waals surface area contributed by atoms with Crippen molar-refractivity contribution in [3.8, 4) is 0 Å². The van der Waals surface area contributed by atoms with Gasteiger partial charge in [-0.15, -0.1) is 0 Å². The molecule has 0 aromatic carbocycles. The first kappa shape index (κ1) is 27.9. The third-order valence-electron chi connectivity index (χ3n) is 5.73. The van der Waals surface area contributed by atoms with Crippen molar-refractivity contribution in [3.63, 3.8) is 0 Å². The molecule has 0 radical (unpaired) electrons. The lowest BCUT2D eigenvalue weighted by atomic mass is 10.2. The van der Waals surface area contributed by atoms with Crippen molar-refractivity contribution >= 4 is 23.6 Å². The predicted molar refractivity (Wildman–Crippen MR) is 126 cm³/mol. The normalized spacial score (nSPS) is 20.6. The number of nitrogens with one attached hydrogen (secondary N) is 2. The molecule has 0 saturated carbocycles. The molecule has 2 N–H and O–H groups in total. The molecule has 2 rings (SSSR count). The first-order valence-corrected chi connectivity index (χ1v) is 12.0. The molecular formula is C24H44N4O4. The molecule has 0 aromatic rings. The molecule has 2 heterocycles. The summed E-state index contributed by atoms with van der Waals surface area (Å²) in [6, 6.07) is 0.273. The van der Waals surface area contributed by atoms with Crippen LogP contribution in [0, 0.1) is 23.7 Å². The van der Waals surface area contributed by atoms with Gasteiger partial charge in [-0.05, 0) is 12.8 Å². The van der Waals surface area contributed by atoms with Crippen molar-refractivity contribution < 1.29 is 19.2 Å². The third kappa shape index (κ3) is 8.79. The van der Waals surface area contributed by atoms with Crippen LogP contribution < -0.4 is 10.6 Å². The summed E-state index contributed by atoms with van der Waals surface area (Å²) >= 11 is 0. The van der Waals surface area contributed by atoms with Gasteiger partial charge in [0.15, 0.2) is 0 Å². The molecule has 2 unspecified atom stereocenters. The molecule has 0 aromatic heterocycles. The Morgan fingerprint density at radius 3 is 1.16 bits per heavy atom. The lowest BCUT2D eigenvalue weighted by Crippen LogP contribution is -2.41. The second-order valence-corrected chi connectivity index (χ2v) is 10.2. The zero-order valence-electron chi connectivity index (χ0n) is 21.2. The van der Waals surface area contributed by atoms with E-state index in [9.17, 15) is 19.2 Å². The van der Waals surface area contributed by atoms with E-state index >= 15 is 0 Å². The Bertz CT molecular complexity index is 604. The van der Waals surface area contributed by atoms with E-state index in [2.05, 4.69) is 10.6 Å². The average molecular weight is 453 g/mol. The molecule has 4 amide bonds. The fraction of sp³-hybridized carbons (Fsp3) is 0.833. The van der Waals surface area contributed by atoms with Gasteiger partial charge in [-0.2, -0.15) is 0 Å². The van der Waals surface area contributed by atoms with Crippen LogP contribution in [0.3, 0.4) is 0 Å². The highest BCUT2D eigenvalue weighted by molar-refractivity contribution is 5.80. The number of rotatable bonds is 6. The van der Waals surface area contributed by atoms with Crippen molar-refractivity contribution in [1.29, 1.82) is 0 Å². The van der Waals surface area contributed by atoms with E-state index in [1.807, 2.05) is 65.2 Å². The summed E-state index contributed by atoms with van der Waals surface area (Å²) in [5, 5.41) is 5.94. The first-order chi connectivity index (χ1) is 14.8. The maximum Gasteiger partial charge on any atom is 0.225 e. The Balaban J connectivity index is 0.000000320. The zero-order chi connectivity index (χ0) is 24.6. The van der Waals surface area contributed by atoms with E-state index in [4.69, 9.17) is 0 Å². The summed E-state index contributed by atoms with van der Waals surface area (Å²) in [6.45, 7) is 18.0. The minimum atomic E-state index is 0.00912. The van der Waals surface area contributed by atoms with Crippen LogP contribution in [0.15, 0.2) is 0 Å². The largest absolute Gasteiger partial charge is 0.351 e. The summed E-state index contributed by atoms with van der Waals surface area (Å²) in [6.07, 6.45) is 1.74. The van der Waals surface area contributed by atoms with E-state index < -0.39 is 0 Å². The molecular weight excluding hydrogens is 408 g/mol. The Morgan fingerprint density at radius 1 is 0.594 bits per heavy atom. The second-order valence-electron chi connectivity index (χ2n) is 10.2. The van der Waals surface area contributed by atoms with Gasteiger partial charge in [0.25, 0.3) is 0 Å². The highest BCUT2D eigenvalue weighted by Gasteiger charge is 2.29. The lowest BCUT2D eigenvalue weighted by Gasteiger charge is -2.19. The van der Waals surface area contributed by atoms with Crippen LogP contribution in [0.1, 0.15) is 68.2 Å². The van der Waals surface area contributed by atoms with Crippen LogP contribution in [-0.2, 0) is 19.2 Å². The van der Waals surface area contributed by atoms with Gasteiger partial charge >= 0.3 is 0 Å². The minimum absolute atomic E-state index is 0.00912. The van der Waals surface area contributed by atoms with E-state index in [0.29, 0.717) is 13.1 Å². The number of carbonyl (C=O) groups excluding carboxylic acids is 4. The molecule has 0 aliphatic carbocycles. The summed E-state index contributed by atoms with van der Waals surface area (Å²) < 4.78 is 0. The van der Waals surface area contributed by atoms with Gasteiger partial charge in [-0.1, -0.05) is 55.4 Å². The fourth-order valence-corrected chi connectivity index (χ4v) is 3.62. The van der Waals surface area contributed by atoms with Crippen molar-refractivity contribution in [2.24, 2.45) is 23.7 Å². The molecule has 2 saturated heterocycles. The van der Waals surface area contributed by atoms with Crippen molar-refractivity contribution in [3.05, 3.63) is 0 Å². The quantitative estimate of drug-likeness (QED) is 0.644. The summed E-state index contributed by atoms with van der Waals surface area (Å²) in [4.78, 5) is 50.1. The SMILES string of the molecule is CC(C)C(=O)NC1CCN(C(=O)C(C)C)C1.CC(C)C(=O)NC1CCN(C(=O)C(C)C)C1. The van der Waals surface area contributed by atoms with E-state index in [0.717, 1.165) is 25.9 Å². The van der Waals surface area contributed by atoms with Gasteiger partial charge in [-0.3, -0.25) is 19.2 Å². The van der Waals surface area contributed by atoms with Gasteiger partial charge in [-0.25, -0.2) is 0 Å². The summed E-state index contributed by atoms with van der Waals surface area (Å²) in [5.41, 5.74) is 0. The standard InChI is InChI=1S/2C12H22N2O2/c2*1-8(2)11(15)13-10-5-6-14(7-10)12(16)9(3)4/h2*8-10H,5-7H2,1-4H3,(H,13,15). The highest BCUT2D eigenvalue weighted by atomic mass is 16.2. The molecule has 8 nitrogen and oxygen atoms in total. The predicted octanol–water partition coefficient (Wildman–Crippen LogP) is 2.03. The lowest BCUT2D eigenvalue weighted by molar-refractivity contribution is -0.134. The molecule has 2 fully saturated rings. The molecule has 2 aliphatic rings. The highest BCUT2D eigenvalue weighted by Crippen LogP contribution is 2.14. The van der Waals surface area contributed by atoms with Crippen molar-refractivity contribution in [1.82, 2.24) is 20.4 Å². The first-order valence-electron chi connectivity index (χ1n) is 12.0. The van der Waals surface area contributed by atoms with E-state index in [1.54, 1.807) is 0 Å². The maximum atomic E-state index is 11.7. The molecule has 184 valence electrons. The summed E-state index contributed by atoms with van der Waals surface area (Å²) in [7, 11) is 0. The van der Waals surface area contributed by atoms with Crippen LogP contribution in [0.2, 0.25) is 0 Å². The number of hydrogen-bond donors (Lipinski definition) is 2. The average Bonchev–Trinajstić information content (AvgIpc) is 3.36. The Labute approximate surface area is 193 Å². The molecule has 2 atom stereocenters. The zero-order valence-corrected chi connectivity index (χ0v) is 21.2. The maximum absolute atomic E-state index is 11.7. The topological polar surface area (TPSA) is 98.8 Å². The van der Waals surface area contributed by atoms with Gasteiger partial charge in [0.05, 0.1) is 0 Å². The smallest absolute Gasteiger partial charge is 0.225 e. The van der Waals surface area contributed by atoms with Crippen LogP contribution in [0.5, 0.6) is 0 Å². The number of hydrogen-bond acceptors (Lipinski definition) is 4. The fourth-order valence-electron chi connectivity index (χ4n) is 3.62. The van der Waals surface area contributed by atoms with Gasteiger partial charge in [0.1, 0.15) is 0 Å². The van der Waals surface area contributed by atoms with Crippen LogP contribution >= 0.6 is 0 Å². The number of likely N-dealkylation sites (tertiary alicyclic amines) is 2. The van der Waals surface area contributed by atoms with Gasteiger partial charge in [0, 0.05) is 61.9 Å². The van der Waals surface area contributed by atoms with E-state index in [1.165, 1.54) is 0 Å². The van der Waals surface area contributed by atoms with Crippen LogP contribution in [0.25, 0.3) is 0 Å². The Kier molecular flexibility index (Phi) is 11.2. The molecule has 0 spiro atoms.